The van der Waals surface area contributed by atoms with Crippen molar-refractivity contribution in [2.75, 3.05) is 18.5 Å². The topological polar surface area (TPSA) is 67.3 Å². The fourth-order valence-corrected chi connectivity index (χ4v) is 5.52. The molecular weight excluding hydrogens is 450 g/mol. The minimum atomic E-state index is -4.88. The number of anilines is 1. The van der Waals surface area contributed by atoms with Gasteiger partial charge in [-0.1, -0.05) is 26.0 Å². The average molecular weight is 475 g/mol. The van der Waals surface area contributed by atoms with E-state index in [4.69, 9.17) is 4.74 Å². The van der Waals surface area contributed by atoms with Gasteiger partial charge in [0.2, 0.25) is 0 Å². The van der Waals surface area contributed by atoms with Crippen LogP contribution < -0.4 is 10.1 Å². The number of hydrogen-bond acceptors (Lipinski definition) is 5. The van der Waals surface area contributed by atoms with Crippen molar-refractivity contribution >= 4 is 16.6 Å². The smallest absolute Gasteiger partial charge is 0.417 e. The lowest BCUT2D eigenvalue weighted by molar-refractivity contribution is -0.277. The number of alkyl halides is 3. The highest BCUT2D eigenvalue weighted by Crippen LogP contribution is 2.57. The van der Waals surface area contributed by atoms with E-state index in [0.717, 1.165) is 5.56 Å². The van der Waals surface area contributed by atoms with Gasteiger partial charge in [0.25, 0.3) is 0 Å². The lowest BCUT2D eigenvalue weighted by Crippen LogP contribution is -2.58. The van der Waals surface area contributed by atoms with Crippen LogP contribution in [0.3, 0.4) is 0 Å². The number of ether oxygens (including phenoxy) is 1. The Morgan fingerprint density at radius 3 is 2.74 bits per heavy atom. The van der Waals surface area contributed by atoms with Gasteiger partial charge in [-0.3, -0.25) is 0 Å². The predicted octanol–water partition coefficient (Wildman–Crippen LogP) is 5.18. The fourth-order valence-electron chi connectivity index (χ4n) is 5.52. The van der Waals surface area contributed by atoms with Crippen LogP contribution in [-0.2, 0) is 11.8 Å². The Bertz CT molecular complexity index is 1290. The number of aryl methyl sites for hydroxylation is 1. The van der Waals surface area contributed by atoms with Crippen LogP contribution in [0.4, 0.5) is 23.2 Å². The highest BCUT2D eigenvalue weighted by atomic mass is 19.4. The van der Waals surface area contributed by atoms with Crippen molar-refractivity contribution in [2.45, 2.75) is 56.7 Å². The Hall–Kier alpha value is -2.94. The molecule has 0 saturated heterocycles. The van der Waals surface area contributed by atoms with Gasteiger partial charge in [-0.2, -0.15) is 13.2 Å². The zero-order chi connectivity index (χ0) is 24.5. The molecule has 0 radical (unpaired) electrons. The molecule has 0 spiro atoms. The second-order valence-corrected chi connectivity index (χ2v) is 9.84. The highest BCUT2D eigenvalue weighted by molar-refractivity contribution is 5.90. The highest BCUT2D eigenvalue weighted by Gasteiger charge is 2.64. The van der Waals surface area contributed by atoms with Crippen LogP contribution in [0.25, 0.3) is 10.9 Å². The van der Waals surface area contributed by atoms with Crippen LogP contribution in [-0.4, -0.2) is 40.0 Å². The number of fused-ring (bicyclic) bond motifs is 4. The van der Waals surface area contributed by atoms with Crippen LogP contribution in [0.2, 0.25) is 0 Å². The summed E-state index contributed by atoms with van der Waals surface area (Å²) in [7, 11) is 0. The summed E-state index contributed by atoms with van der Waals surface area (Å²) in [5.41, 5.74) is -1.30. The fraction of sp³-hybridized carbons (Fsp3) is 0.440. The van der Waals surface area contributed by atoms with Crippen molar-refractivity contribution in [3.8, 4) is 5.75 Å². The van der Waals surface area contributed by atoms with E-state index >= 15 is 0 Å². The van der Waals surface area contributed by atoms with Gasteiger partial charge in [0.15, 0.2) is 5.60 Å². The molecule has 34 heavy (non-hydrogen) atoms. The third kappa shape index (κ3) is 3.48. The lowest BCUT2D eigenvalue weighted by atomic mass is 9.60. The first-order valence-electron chi connectivity index (χ1n) is 11.2. The molecule has 5 nitrogen and oxygen atoms in total. The average Bonchev–Trinajstić information content (AvgIpc) is 3.19. The molecular formula is C25H25F4N3O2. The maximum atomic E-state index is 14.4. The molecule has 2 heterocycles. The van der Waals surface area contributed by atoms with Gasteiger partial charge in [0.05, 0.1) is 12.1 Å². The van der Waals surface area contributed by atoms with Crippen LogP contribution in [0.1, 0.15) is 48.7 Å². The molecule has 2 aliphatic rings. The van der Waals surface area contributed by atoms with E-state index in [2.05, 4.69) is 15.3 Å². The number of halogens is 4. The Morgan fingerprint density at radius 1 is 1.24 bits per heavy atom. The van der Waals surface area contributed by atoms with E-state index in [-0.39, 0.29) is 12.2 Å². The van der Waals surface area contributed by atoms with E-state index in [0.29, 0.717) is 46.6 Å². The van der Waals surface area contributed by atoms with Gasteiger partial charge >= 0.3 is 6.18 Å². The summed E-state index contributed by atoms with van der Waals surface area (Å²) in [5, 5.41) is 14.6. The van der Waals surface area contributed by atoms with Crippen molar-refractivity contribution in [3.63, 3.8) is 0 Å². The Morgan fingerprint density at radius 2 is 2.00 bits per heavy atom. The maximum absolute atomic E-state index is 14.4. The van der Waals surface area contributed by atoms with Crippen LogP contribution in [0.5, 0.6) is 5.75 Å². The second kappa shape index (κ2) is 7.53. The van der Waals surface area contributed by atoms with Crippen molar-refractivity contribution < 1.29 is 27.4 Å². The molecule has 0 saturated carbocycles. The summed E-state index contributed by atoms with van der Waals surface area (Å²) in [6, 6.07) is 5.90. The summed E-state index contributed by atoms with van der Waals surface area (Å²) in [4.78, 5) is 8.35. The summed E-state index contributed by atoms with van der Waals surface area (Å²) >= 11 is 0. The minimum Gasteiger partial charge on any atom is -0.493 e. The molecule has 3 aromatic rings. The maximum Gasteiger partial charge on any atom is 0.417 e. The van der Waals surface area contributed by atoms with E-state index in [1.165, 1.54) is 18.3 Å². The van der Waals surface area contributed by atoms with Crippen molar-refractivity contribution in [2.24, 2.45) is 0 Å². The molecule has 1 aliphatic carbocycles. The van der Waals surface area contributed by atoms with Gasteiger partial charge in [-0.25, -0.2) is 14.4 Å². The predicted molar refractivity (Wildman–Crippen MR) is 120 cm³/mol. The molecule has 2 N–H and O–H groups in total. The third-order valence-electron chi connectivity index (χ3n) is 7.00. The van der Waals surface area contributed by atoms with Crippen molar-refractivity contribution in [3.05, 3.63) is 58.8 Å². The van der Waals surface area contributed by atoms with Gasteiger partial charge in [-0.05, 0) is 36.0 Å². The summed E-state index contributed by atoms with van der Waals surface area (Å²) in [6.07, 6.45) is -3.19. The van der Waals surface area contributed by atoms with Gasteiger partial charge < -0.3 is 15.2 Å². The molecule has 0 amide bonds. The second-order valence-electron chi connectivity index (χ2n) is 9.84. The van der Waals surface area contributed by atoms with Crippen LogP contribution in [0.15, 0.2) is 30.5 Å². The zero-order valence-electron chi connectivity index (χ0n) is 19.1. The Balaban J connectivity index is 1.62. The number of benzene rings is 2. The summed E-state index contributed by atoms with van der Waals surface area (Å²) < 4.78 is 63.3. The normalized spacial score (nSPS) is 23.4. The molecule has 5 rings (SSSR count). The molecule has 2 atom stereocenters. The number of nitrogens with zero attached hydrogens (tertiary/aromatic N) is 2. The molecule has 0 fully saturated rings. The van der Waals surface area contributed by atoms with Gasteiger partial charge in [0, 0.05) is 47.8 Å². The first-order chi connectivity index (χ1) is 15.9. The summed E-state index contributed by atoms with van der Waals surface area (Å²) in [5.74, 6) is -0.838. The van der Waals surface area contributed by atoms with E-state index in [1.807, 2.05) is 0 Å². The Labute approximate surface area is 194 Å². The quantitative estimate of drug-likeness (QED) is 0.511. The van der Waals surface area contributed by atoms with Crippen molar-refractivity contribution in [1.29, 1.82) is 0 Å². The monoisotopic (exact) mass is 475 g/mol. The van der Waals surface area contributed by atoms with E-state index in [1.54, 1.807) is 32.9 Å². The first-order valence-corrected chi connectivity index (χ1v) is 11.2. The molecule has 1 aliphatic heterocycles. The molecule has 180 valence electrons. The molecule has 0 bridgehead atoms. The van der Waals surface area contributed by atoms with E-state index < -0.39 is 35.3 Å². The lowest BCUT2D eigenvalue weighted by Gasteiger charge is -2.49. The minimum absolute atomic E-state index is 0.267. The van der Waals surface area contributed by atoms with Gasteiger partial charge in [0.1, 0.15) is 17.4 Å². The number of hydrogen-bond donors (Lipinski definition) is 2. The van der Waals surface area contributed by atoms with Crippen LogP contribution in [0, 0.1) is 12.7 Å². The summed E-state index contributed by atoms with van der Waals surface area (Å²) in [6.45, 7) is 5.28. The molecule has 1 aromatic heterocycles. The van der Waals surface area contributed by atoms with Crippen molar-refractivity contribution in [1.82, 2.24) is 9.97 Å². The van der Waals surface area contributed by atoms with Crippen LogP contribution >= 0.6 is 0 Å². The number of rotatable bonds is 3. The largest absolute Gasteiger partial charge is 0.493 e. The Kier molecular flexibility index (Phi) is 5.06. The zero-order valence-corrected chi connectivity index (χ0v) is 19.1. The number of aromatic nitrogens is 2. The molecule has 9 heteroatoms. The first kappa shape index (κ1) is 22.8. The molecule has 2 unspecified atom stereocenters. The standard InChI is InChI=1S/C25H25F4N3O2/c1-13-30-10-17-19(8-15(26)9-20(17)32-13)31-11-18-16-5-4-14-6-7-34-22(14)21(16)23(2,3)12-24(18,33)25(27,28)29/h4-5,8-10,18,31,33H,6-7,11-12H2,1-3H3. The van der Waals surface area contributed by atoms with E-state index in [9.17, 15) is 22.7 Å². The number of nitrogens with one attached hydrogen (secondary N) is 1. The number of aliphatic hydroxyl groups is 1. The van der Waals surface area contributed by atoms with Gasteiger partial charge in [-0.15, -0.1) is 0 Å². The third-order valence-corrected chi connectivity index (χ3v) is 7.00. The molecule has 2 aromatic carbocycles. The SMILES string of the molecule is Cc1ncc2c(NCC3c4ccc5c(c4C(C)(C)CC3(O)C(F)(F)F)OCC5)cc(F)cc2n1.